The van der Waals surface area contributed by atoms with Crippen LogP contribution in [0.2, 0.25) is 0 Å². The third-order valence-electron chi connectivity index (χ3n) is 4.22. The largest absolute Gasteiger partial charge is 0.269 e. The molecule has 3 aromatic rings. The molecule has 0 radical (unpaired) electrons. The standard InChI is InChI=1S/C20H20N2O3S.2C2H6/c1-15-18(14-13-16-9-5-3-6-10-16)21-20(26(2,24)25)22(19(15)23)17-11-7-4-8-12-17;2*1-2/h3-12H,13-14H2,1-2H3;2*1-2H3. The molecule has 162 valence electrons. The molecular weight excluding hydrogens is 396 g/mol. The molecule has 1 heterocycles. The van der Waals surface area contributed by atoms with E-state index in [0.29, 0.717) is 29.8 Å². The molecule has 0 atom stereocenters. The first-order valence-corrected chi connectivity index (χ1v) is 12.2. The number of hydrogen-bond acceptors (Lipinski definition) is 4. The van der Waals surface area contributed by atoms with Gasteiger partial charge in [-0.15, -0.1) is 0 Å². The third-order valence-corrected chi connectivity index (χ3v) is 5.16. The number of benzene rings is 2. The zero-order valence-electron chi connectivity index (χ0n) is 18.7. The summed E-state index contributed by atoms with van der Waals surface area (Å²) in [5.74, 6) is 0. The van der Waals surface area contributed by atoms with Crippen LogP contribution in [0.1, 0.15) is 44.5 Å². The molecule has 0 N–H and O–H groups in total. The molecule has 0 fully saturated rings. The molecule has 0 saturated heterocycles. The lowest BCUT2D eigenvalue weighted by atomic mass is 10.1. The van der Waals surface area contributed by atoms with Crippen LogP contribution in [-0.2, 0) is 22.7 Å². The van der Waals surface area contributed by atoms with Crippen LogP contribution in [0.5, 0.6) is 0 Å². The maximum Gasteiger partial charge on any atom is 0.262 e. The van der Waals surface area contributed by atoms with Gasteiger partial charge < -0.3 is 0 Å². The summed E-state index contributed by atoms with van der Waals surface area (Å²) in [6.45, 7) is 9.70. The highest BCUT2D eigenvalue weighted by atomic mass is 32.2. The Labute approximate surface area is 180 Å². The second-order valence-electron chi connectivity index (χ2n) is 6.20. The fourth-order valence-electron chi connectivity index (χ4n) is 2.83. The van der Waals surface area contributed by atoms with E-state index >= 15 is 0 Å². The Balaban J connectivity index is 0.00000106. The molecule has 3 rings (SSSR count). The molecule has 0 bridgehead atoms. The summed E-state index contributed by atoms with van der Waals surface area (Å²) in [6, 6.07) is 18.5. The van der Waals surface area contributed by atoms with E-state index in [1.165, 1.54) is 4.57 Å². The van der Waals surface area contributed by atoms with Crippen molar-refractivity contribution in [3.8, 4) is 5.69 Å². The van der Waals surface area contributed by atoms with Gasteiger partial charge in [0.05, 0.1) is 11.4 Å². The van der Waals surface area contributed by atoms with Crippen LogP contribution in [-0.4, -0.2) is 24.2 Å². The minimum atomic E-state index is -3.67. The van der Waals surface area contributed by atoms with Crippen molar-refractivity contribution in [2.24, 2.45) is 0 Å². The summed E-state index contributed by atoms with van der Waals surface area (Å²) in [5.41, 5.74) is 2.24. The van der Waals surface area contributed by atoms with Crippen molar-refractivity contribution in [3.63, 3.8) is 0 Å². The van der Waals surface area contributed by atoms with Gasteiger partial charge in [-0.05, 0) is 37.5 Å². The average molecular weight is 429 g/mol. The molecular formula is C24H32N2O3S. The van der Waals surface area contributed by atoms with Gasteiger partial charge in [-0.1, -0.05) is 76.2 Å². The summed E-state index contributed by atoms with van der Waals surface area (Å²) in [7, 11) is -3.67. The smallest absolute Gasteiger partial charge is 0.262 e. The van der Waals surface area contributed by atoms with Gasteiger partial charge in [-0.25, -0.2) is 13.4 Å². The van der Waals surface area contributed by atoms with E-state index < -0.39 is 9.84 Å². The molecule has 0 aliphatic rings. The van der Waals surface area contributed by atoms with Crippen molar-refractivity contribution in [2.45, 2.75) is 52.6 Å². The van der Waals surface area contributed by atoms with Gasteiger partial charge in [0.15, 0.2) is 0 Å². The number of hydrogen-bond donors (Lipinski definition) is 0. The molecule has 0 aliphatic carbocycles. The van der Waals surface area contributed by atoms with E-state index in [2.05, 4.69) is 4.98 Å². The zero-order chi connectivity index (χ0) is 22.7. The second kappa shape index (κ2) is 12.1. The maximum atomic E-state index is 12.9. The third kappa shape index (κ3) is 6.39. The summed E-state index contributed by atoms with van der Waals surface area (Å²) in [5, 5.41) is -0.220. The first kappa shape index (κ1) is 25.3. The predicted molar refractivity (Wildman–Crippen MR) is 124 cm³/mol. The van der Waals surface area contributed by atoms with Gasteiger partial charge in [0.25, 0.3) is 5.56 Å². The van der Waals surface area contributed by atoms with Crippen LogP contribution < -0.4 is 5.56 Å². The van der Waals surface area contributed by atoms with E-state index in [0.717, 1.165) is 11.8 Å². The normalized spacial score (nSPS) is 10.3. The highest BCUT2D eigenvalue weighted by Gasteiger charge is 2.21. The lowest BCUT2D eigenvalue weighted by molar-refractivity contribution is 0.581. The van der Waals surface area contributed by atoms with Crippen molar-refractivity contribution < 1.29 is 8.42 Å². The fourth-order valence-corrected chi connectivity index (χ4v) is 3.63. The van der Waals surface area contributed by atoms with Crippen molar-refractivity contribution in [3.05, 3.63) is 87.8 Å². The minimum absolute atomic E-state index is 0.220. The number of nitrogens with zero attached hydrogens (tertiary/aromatic N) is 2. The first-order chi connectivity index (χ1) is 14.4. The molecule has 1 aromatic heterocycles. The SMILES string of the molecule is CC.CC.Cc1c(CCc2ccccc2)nc(S(C)(=O)=O)n(-c2ccccc2)c1=O. The van der Waals surface area contributed by atoms with Gasteiger partial charge in [0.1, 0.15) is 0 Å². The lowest BCUT2D eigenvalue weighted by Crippen LogP contribution is -2.29. The molecule has 0 saturated carbocycles. The minimum Gasteiger partial charge on any atom is -0.269 e. The Hall–Kier alpha value is -2.73. The van der Waals surface area contributed by atoms with E-state index in [9.17, 15) is 13.2 Å². The van der Waals surface area contributed by atoms with E-state index in [1.54, 1.807) is 31.2 Å². The van der Waals surface area contributed by atoms with Crippen LogP contribution in [0.15, 0.2) is 70.6 Å². The Morgan fingerprint density at radius 1 is 0.833 bits per heavy atom. The zero-order valence-corrected chi connectivity index (χ0v) is 19.5. The Bertz CT molecular complexity index is 1070. The molecule has 2 aromatic carbocycles. The quantitative estimate of drug-likeness (QED) is 0.548. The lowest BCUT2D eigenvalue weighted by Gasteiger charge is -2.14. The summed E-state index contributed by atoms with van der Waals surface area (Å²) in [4.78, 5) is 17.3. The number of rotatable bonds is 5. The molecule has 0 amide bonds. The van der Waals surface area contributed by atoms with Crippen molar-refractivity contribution >= 4 is 9.84 Å². The second-order valence-corrected chi connectivity index (χ2v) is 8.11. The van der Waals surface area contributed by atoms with Gasteiger partial charge in [0.2, 0.25) is 15.0 Å². The number of para-hydroxylation sites is 1. The van der Waals surface area contributed by atoms with Gasteiger partial charge in [-0.3, -0.25) is 9.36 Å². The van der Waals surface area contributed by atoms with E-state index in [4.69, 9.17) is 0 Å². The number of aromatic nitrogens is 2. The average Bonchev–Trinajstić information content (AvgIpc) is 2.78. The van der Waals surface area contributed by atoms with Gasteiger partial charge >= 0.3 is 0 Å². The predicted octanol–water partition coefficient (Wildman–Crippen LogP) is 4.78. The van der Waals surface area contributed by atoms with Crippen LogP contribution in [0, 0.1) is 6.92 Å². The summed E-state index contributed by atoms with van der Waals surface area (Å²) < 4.78 is 25.8. The monoisotopic (exact) mass is 428 g/mol. The fraction of sp³-hybridized carbons (Fsp3) is 0.333. The number of sulfone groups is 1. The van der Waals surface area contributed by atoms with Crippen LogP contribution in [0.3, 0.4) is 0 Å². The first-order valence-electron chi connectivity index (χ1n) is 10.3. The molecule has 30 heavy (non-hydrogen) atoms. The Kier molecular flexibility index (Phi) is 10.2. The molecule has 0 aliphatic heterocycles. The van der Waals surface area contributed by atoms with Crippen LogP contribution >= 0.6 is 0 Å². The van der Waals surface area contributed by atoms with E-state index in [1.807, 2.05) is 64.1 Å². The summed E-state index contributed by atoms with van der Waals surface area (Å²) >= 11 is 0. The van der Waals surface area contributed by atoms with Crippen molar-refractivity contribution in [1.29, 1.82) is 0 Å². The molecule has 5 nitrogen and oxygen atoms in total. The van der Waals surface area contributed by atoms with Gasteiger partial charge in [-0.2, -0.15) is 0 Å². The molecule has 6 heteroatoms. The molecule has 0 spiro atoms. The number of aryl methyl sites for hydroxylation is 2. The van der Waals surface area contributed by atoms with Gasteiger partial charge in [0, 0.05) is 11.8 Å². The van der Waals surface area contributed by atoms with Crippen molar-refractivity contribution in [2.75, 3.05) is 6.26 Å². The van der Waals surface area contributed by atoms with Crippen LogP contribution in [0.4, 0.5) is 0 Å². The Morgan fingerprint density at radius 3 is 1.83 bits per heavy atom. The highest BCUT2D eigenvalue weighted by molar-refractivity contribution is 7.90. The highest BCUT2D eigenvalue weighted by Crippen LogP contribution is 2.15. The van der Waals surface area contributed by atoms with Crippen molar-refractivity contribution in [1.82, 2.24) is 9.55 Å². The Morgan fingerprint density at radius 2 is 1.33 bits per heavy atom. The molecule has 0 unspecified atom stereocenters. The van der Waals surface area contributed by atoms with E-state index in [-0.39, 0.29) is 10.7 Å². The summed E-state index contributed by atoms with van der Waals surface area (Å²) in [6.07, 6.45) is 2.26. The van der Waals surface area contributed by atoms with Crippen LogP contribution in [0.25, 0.3) is 5.69 Å². The maximum absolute atomic E-state index is 12.9. The topological polar surface area (TPSA) is 69.0 Å².